The molecule has 1 aliphatic heterocycles. The zero-order chi connectivity index (χ0) is 17.9. The minimum absolute atomic E-state index is 0. The van der Waals surface area contributed by atoms with E-state index < -0.39 is 0 Å². The third kappa shape index (κ3) is 4.26. The van der Waals surface area contributed by atoms with Crippen LogP contribution in [0, 0.1) is 0 Å². The molecule has 0 spiro atoms. The number of halogens is 1. The predicted molar refractivity (Wildman–Crippen MR) is 112 cm³/mol. The zero-order valence-electron chi connectivity index (χ0n) is 15.3. The van der Waals surface area contributed by atoms with Crippen LogP contribution in [0.25, 0.3) is 10.8 Å². The van der Waals surface area contributed by atoms with Crippen molar-refractivity contribution >= 4 is 28.9 Å². The number of methoxy groups -OCH3 is 1. The Hall–Kier alpha value is -2.50. The van der Waals surface area contributed by atoms with Crippen LogP contribution in [0.3, 0.4) is 0 Å². The molecule has 0 radical (unpaired) electrons. The molecule has 1 aromatic heterocycles. The lowest BCUT2D eigenvalue weighted by molar-refractivity contribution is 0.414. The Kier molecular flexibility index (Phi) is 6.04. The maximum atomic E-state index is 12.8. The lowest BCUT2D eigenvalue weighted by Crippen LogP contribution is -2.22. The maximum Gasteiger partial charge on any atom is 0.258 e. The van der Waals surface area contributed by atoms with E-state index in [9.17, 15) is 4.79 Å². The number of hydrogen-bond donors (Lipinski definition) is 2. The van der Waals surface area contributed by atoms with E-state index in [1.807, 2.05) is 48.7 Å². The summed E-state index contributed by atoms with van der Waals surface area (Å²) in [6.45, 7) is 2.59. The Labute approximate surface area is 164 Å². The van der Waals surface area contributed by atoms with Gasteiger partial charge in [-0.25, -0.2) is 0 Å². The molecule has 1 atom stereocenters. The molecule has 27 heavy (non-hydrogen) atoms. The number of hydrogen-bond acceptors (Lipinski definition) is 4. The van der Waals surface area contributed by atoms with Gasteiger partial charge in [-0.2, -0.15) is 0 Å². The van der Waals surface area contributed by atoms with Crippen molar-refractivity contribution in [2.24, 2.45) is 0 Å². The van der Waals surface area contributed by atoms with Gasteiger partial charge in [0.1, 0.15) is 5.75 Å². The molecule has 3 aromatic rings. The highest BCUT2D eigenvalue weighted by molar-refractivity contribution is 5.85. The second kappa shape index (κ2) is 8.46. The van der Waals surface area contributed by atoms with Crippen molar-refractivity contribution in [3.63, 3.8) is 0 Å². The van der Waals surface area contributed by atoms with Gasteiger partial charge < -0.3 is 19.9 Å². The minimum Gasteiger partial charge on any atom is -0.497 e. The summed E-state index contributed by atoms with van der Waals surface area (Å²) in [5, 5.41) is 8.60. The van der Waals surface area contributed by atoms with Crippen LogP contribution in [-0.2, 0) is 6.54 Å². The Morgan fingerprint density at radius 1 is 1.19 bits per heavy atom. The molecule has 2 aromatic carbocycles. The number of pyridine rings is 1. The van der Waals surface area contributed by atoms with Crippen LogP contribution in [0.4, 0.5) is 5.69 Å². The van der Waals surface area contributed by atoms with Crippen molar-refractivity contribution in [2.75, 3.05) is 25.5 Å². The maximum absolute atomic E-state index is 12.8. The molecule has 1 fully saturated rings. The van der Waals surface area contributed by atoms with Crippen molar-refractivity contribution in [3.05, 3.63) is 70.6 Å². The van der Waals surface area contributed by atoms with Crippen LogP contribution in [0.5, 0.6) is 5.75 Å². The van der Waals surface area contributed by atoms with E-state index in [2.05, 4.69) is 16.7 Å². The normalized spacial score (nSPS) is 16.1. The van der Waals surface area contributed by atoms with Gasteiger partial charge in [-0.05, 0) is 60.3 Å². The third-order valence-electron chi connectivity index (χ3n) is 4.92. The molecule has 0 aliphatic carbocycles. The van der Waals surface area contributed by atoms with E-state index in [4.69, 9.17) is 4.74 Å². The Morgan fingerprint density at radius 3 is 2.70 bits per heavy atom. The molecule has 0 unspecified atom stereocenters. The molecule has 0 saturated carbocycles. The van der Waals surface area contributed by atoms with Crippen molar-refractivity contribution in [2.45, 2.75) is 19.0 Å². The Morgan fingerprint density at radius 2 is 2.00 bits per heavy atom. The summed E-state index contributed by atoms with van der Waals surface area (Å²) in [6.07, 6.45) is 3.00. The molecule has 1 aliphatic rings. The number of benzene rings is 2. The van der Waals surface area contributed by atoms with Gasteiger partial charge in [-0.15, -0.1) is 12.4 Å². The van der Waals surface area contributed by atoms with Gasteiger partial charge in [0.25, 0.3) is 5.56 Å². The first-order chi connectivity index (χ1) is 12.7. The van der Waals surface area contributed by atoms with Gasteiger partial charge in [0, 0.05) is 29.9 Å². The molecule has 2 heterocycles. The van der Waals surface area contributed by atoms with Crippen molar-refractivity contribution in [1.82, 2.24) is 9.88 Å². The Balaban J connectivity index is 0.00000210. The largest absolute Gasteiger partial charge is 0.497 e. The first-order valence-electron chi connectivity index (χ1n) is 8.96. The van der Waals surface area contributed by atoms with E-state index in [0.29, 0.717) is 12.6 Å². The molecule has 6 heteroatoms. The second-order valence-electron chi connectivity index (χ2n) is 6.73. The fourth-order valence-corrected chi connectivity index (χ4v) is 3.44. The first kappa shape index (κ1) is 19.3. The fraction of sp³-hybridized carbons (Fsp3) is 0.286. The van der Waals surface area contributed by atoms with E-state index in [-0.39, 0.29) is 18.0 Å². The van der Waals surface area contributed by atoms with Gasteiger partial charge in [0.05, 0.1) is 13.7 Å². The molecule has 0 amide bonds. The standard InChI is InChI=1S/C21H23N3O2.ClH/c1-26-19-5-2-15(3-6-19)14-24-11-9-16-12-17(4-7-20(16)21(24)25)23-18-8-10-22-13-18;/h2-7,9,11-12,18,22-23H,8,10,13-14H2,1H3;1H/t18-;/m0./s1. The summed E-state index contributed by atoms with van der Waals surface area (Å²) < 4.78 is 6.93. The summed E-state index contributed by atoms with van der Waals surface area (Å²) in [5.74, 6) is 0.817. The van der Waals surface area contributed by atoms with Gasteiger partial charge in [0.15, 0.2) is 0 Å². The molecule has 142 valence electrons. The predicted octanol–water partition coefficient (Wildman–Crippen LogP) is 3.25. The van der Waals surface area contributed by atoms with E-state index in [1.165, 1.54) is 0 Å². The molecule has 2 N–H and O–H groups in total. The van der Waals surface area contributed by atoms with Gasteiger partial charge >= 0.3 is 0 Å². The Bertz CT molecular complexity index is 963. The highest BCUT2D eigenvalue weighted by Gasteiger charge is 2.14. The van der Waals surface area contributed by atoms with Crippen LogP contribution in [0.15, 0.2) is 59.5 Å². The first-order valence-corrected chi connectivity index (χ1v) is 8.96. The highest BCUT2D eigenvalue weighted by Crippen LogP contribution is 2.19. The van der Waals surface area contributed by atoms with Gasteiger partial charge in [-0.3, -0.25) is 4.79 Å². The summed E-state index contributed by atoms with van der Waals surface area (Å²) in [6, 6.07) is 16.3. The summed E-state index contributed by atoms with van der Waals surface area (Å²) in [7, 11) is 1.65. The van der Waals surface area contributed by atoms with Crippen LogP contribution in [0.1, 0.15) is 12.0 Å². The summed E-state index contributed by atoms with van der Waals surface area (Å²) in [5.41, 5.74) is 2.17. The topological polar surface area (TPSA) is 55.3 Å². The monoisotopic (exact) mass is 385 g/mol. The molecule has 1 saturated heterocycles. The smallest absolute Gasteiger partial charge is 0.258 e. The average Bonchev–Trinajstić information content (AvgIpc) is 3.18. The molecular formula is C21H24ClN3O2. The number of nitrogens with zero attached hydrogens (tertiary/aromatic N) is 1. The second-order valence-corrected chi connectivity index (χ2v) is 6.73. The number of ether oxygens (including phenoxy) is 1. The number of aromatic nitrogens is 1. The number of anilines is 1. The van der Waals surface area contributed by atoms with E-state index in [1.54, 1.807) is 11.7 Å². The lowest BCUT2D eigenvalue weighted by atomic mass is 10.1. The lowest BCUT2D eigenvalue weighted by Gasteiger charge is -2.14. The average molecular weight is 386 g/mol. The SMILES string of the molecule is COc1ccc(Cn2ccc3cc(N[C@H]4CCNC4)ccc3c2=O)cc1.Cl. The van der Waals surface area contributed by atoms with Crippen molar-refractivity contribution in [1.29, 1.82) is 0 Å². The minimum atomic E-state index is 0. The van der Waals surface area contributed by atoms with Crippen LogP contribution < -0.4 is 20.9 Å². The van der Waals surface area contributed by atoms with Crippen molar-refractivity contribution in [3.8, 4) is 5.75 Å². The summed E-state index contributed by atoms with van der Waals surface area (Å²) >= 11 is 0. The number of rotatable bonds is 5. The molecule has 5 nitrogen and oxygen atoms in total. The van der Waals surface area contributed by atoms with Crippen molar-refractivity contribution < 1.29 is 4.74 Å². The molecular weight excluding hydrogens is 362 g/mol. The summed E-state index contributed by atoms with van der Waals surface area (Å²) in [4.78, 5) is 12.8. The van der Waals surface area contributed by atoms with Gasteiger partial charge in [-0.1, -0.05) is 12.1 Å². The van der Waals surface area contributed by atoms with Crippen LogP contribution >= 0.6 is 12.4 Å². The quantitative estimate of drug-likeness (QED) is 0.707. The van der Waals surface area contributed by atoms with Crippen LogP contribution in [-0.4, -0.2) is 30.8 Å². The number of nitrogens with one attached hydrogen (secondary N) is 2. The van der Waals surface area contributed by atoms with Gasteiger partial charge in [0.2, 0.25) is 0 Å². The number of fused-ring (bicyclic) bond motifs is 1. The highest BCUT2D eigenvalue weighted by atomic mass is 35.5. The van der Waals surface area contributed by atoms with E-state index >= 15 is 0 Å². The van der Waals surface area contributed by atoms with E-state index in [0.717, 1.165) is 47.3 Å². The van der Waals surface area contributed by atoms with Crippen LogP contribution in [0.2, 0.25) is 0 Å². The fourth-order valence-electron chi connectivity index (χ4n) is 3.44. The molecule has 4 rings (SSSR count). The molecule has 0 bridgehead atoms. The zero-order valence-corrected chi connectivity index (χ0v) is 16.1. The third-order valence-corrected chi connectivity index (χ3v) is 4.92.